The van der Waals surface area contributed by atoms with Crippen molar-refractivity contribution in [2.24, 2.45) is 0 Å². The third-order valence-corrected chi connectivity index (χ3v) is 3.19. The average molecular weight is 240 g/mol. The van der Waals surface area contributed by atoms with Crippen LogP contribution in [0.2, 0.25) is 5.02 Å². The summed E-state index contributed by atoms with van der Waals surface area (Å²) in [5.74, 6) is 0. The van der Waals surface area contributed by atoms with Crippen LogP contribution in [-0.2, 0) is 4.74 Å². The Hall–Kier alpha value is -1.06. The molecule has 86 valence electrons. The first-order valence-electron chi connectivity index (χ1n) is 5.27. The summed E-state index contributed by atoms with van der Waals surface area (Å²) in [5, 5.41) is 0.645. The van der Waals surface area contributed by atoms with Crippen molar-refractivity contribution in [1.82, 2.24) is 0 Å². The van der Waals surface area contributed by atoms with Crippen molar-refractivity contribution in [3.8, 4) is 0 Å². The fraction of sp³-hybridized carbons (Fsp3) is 0.417. The maximum atomic E-state index is 11.0. The summed E-state index contributed by atoms with van der Waals surface area (Å²) in [4.78, 5) is 13.0. The van der Waals surface area contributed by atoms with Gasteiger partial charge in [0.15, 0.2) is 6.29 Å². The molecule has 1 aromatic rings. The van der Waals surface area contributed by atoms with E-state index in [2.05, 4.69) is 4.90 Å². The lowest BCUT2D eigenvalue weighted by Crippen LogP contribution is -2.32. The van der Waals surface area contributed by atoms with Gasteiger partial charge in [0.1, 0.15) is 0 Å². The second-order valence-corrected chi connectivity index (χ2v) is 4.39. The molecule has 1 fully saturated rings. The van der Waals surface area contributed by atoms with Crippen molar-refractivity contribution in [1.29, 1.82) is 0 Å². The molecule has 1 atom stereocenters. The molecule has 3 nitrogen and oxygen atoms in total. The number of likely N-dealkylation sites (N-methyl/N-ethyl adjacent to an activating group) is 1. The Morgan fingerprint density at radius 1 is 1.56 bits per heavy atom. The SMILES string of the molecule is CN(c1cc(Cl)ccc1C=O)C1CCOC1. The van der Waals surface area contributed by atoms with Gasteiger partial charge in [-0.25, -0.2) is 0 Å². The van der Waals surface area contributed by atoms with Gasteiger partial charge in [0.25, 0.3) is 0 Å². The maximum absolute atomic E-state index is 11.0. The van der Waals surface area contributed by atoms with Crippen molar-refractivity contribution >= 4 is 23.6 Å². The van der Waals surface area contributed by atoms with Crippen LogP contribution in [0.3, 0.4) is 0 Å². The van der Waals surface area contributed by atoms with Crippen LogP contribution in [0.25, 0.3) is 0 Å². The molecule has 2 rings (SSSR count). The zero-order valence-corrected chi connectivity index (χ0v) is 9.91. The molecule has 1 saturated heterocycles. The number of halogens is 1. The van der Waals surface area contributed by atoms with E-state index in [1.807, 2.05) is 13.1 Å². The molecule has 0 saturated carbocycles. The van der Waals surface area contributed by atoms with Crippen molar-refractivity contribution < 1.29 is 9.53 Å². The Balaban J connectivity index is 2.29. The van der Waals surface area contributed by atoms with Crippen molar-refractivity contribution in [3.63, 3.8) is 0 Å². The van der Waals surface area contributed by atoms with Crippen LogP contribution in [0.5, 0.6) is 0 Å². The first kappa shape index (κ1) is 11.4. The normalized spacial score (nSPS) is 19.8. The van der Waals surface area contributed by atoms with Crippen LogP contribution >= 0.6 is 11.6 Å². The lowest BCUT2D eigenvalue weighted by molar-refractivity contribution is 0.112. The van der Waals surface area contributed by atoms with Crippen LogP contribution in [0.15, 0.2) is 18.2 Å². The Kier molecular flexibility index (Phi) is 3.46. The van der Waals surface area contributed by atoms with E-state index in [1.54, 1.807) is 12.1 Å². The average Bonchev–Trinajstić information content (AvgIpc) is 2.81. The smallest absolute Gasteiger partial charge is 0.152 e. The third-order valence-electron chi connectivity index (χ3n) is 2.95. The number of hydrogen-bond acceptors (Lipinski definition) is 3. The standard InChI is InChI=1S/C12H14ClNO2/c1-14(11-4-5-16-8-11)12-6-10(13)3-2-9(12)7-15/h2-3,6-7,11H,4-5,8H2,1H3. The number of aldehydes is 1. The van der Waals surface area contributed by atoms with Gasteiger partial charge in [-0.05, 0) is 24.6 Å². The van der Waals surface area contributed by atoms with Crippen LogP contribution in [0.4, 0.5) is 5.69 Å². The fourth-order valence-corrected chi connectivity index (χ4v) is 2.11. The molecular formula is C12H14ClNO2. The highest BCUT2D eigenvalue weighted by molar-refractivity contribution is 6.31. The molecule has 0 aromatic heterocycles. The fourth-order valence-electron chi connectivity index (χ4n) is 1.95. The highest BCUT2D eigenvalue weighted by Crippen LogP contribution is 2.26. The van der Waals surface area contributed by atoms with E-state index in [0.29, 0.717) is 23.2 Å². The third kappa shape index (κ3) is 2.20. The molecular weight excluding hydrogens is 226 g/mol. The topological polar surface area (TPSA) is 29.5 Å². The zero-order chi connectivity index (χ0) is 11.5. The van der Waals surface area contributed by atoms with Gasteiger partial charge < -0.3 is 9.64 Å². The van der Waals surface area contributed by atoms with Crippen LogP contribution in [0, 0.1) is 0 Å². The second-order valence-electron chi connectivity index (χ2n) is 3.95. The molecule has 16 heavy (non-hydrogen) atoms. The number of carbonyl (C=O) groups excluding carboxylic acids is 1. The van der Waals surface area contributed by atoms with Gasteiger partial charge in [-0.2, -0.15) is 0 Å². The minimum Gasteiger partial charge on any atom is -0.379 e. The van der Waals surface area contributed by atoms with Crippen LogP contribution in [0.1, 0.15) is 16.8 Å². The number of hydrogen-bond donors (Lipinski definition) is 0. The Labute approximate surface area is 100.0 Å². The Morgan fingerprint density at radius 3 is 3.00 bits per heavy atom. The minimum atomic E-state index is 0.331. The molecule has 0 N–H and O–H groups in total. The van der Waals surface area contributed by atoms with Gasteiger partial charge in [-0.1, -0.05) is 11.6 Å². The number of ether oxygens (including phenoxy) is 1. The minimum absolute atomic E-state index is 0.331. The van der Waals surface area contributed by atoms with E-state index in [1.165, 1.54) is 0 Å². The van der Waals surface area contributed by atoms with Gasteiger partial charge in [0.05, 0.1) is 12.6 Å². The predicted octanol–water partition coefficient (Wildman–Crippen LogP) is 2.38. The number of rotatable bonds is 3. The van der Waals surface area contributed by atoms with E-state index < -0.39 is 0 Å². The van der Waals surface area contributed by atoms with Gasteiger partial charge in [0.2, 0.25) is 0 Å². The summed E-state index contributed by atoms with van der Waals surface area (Å²) in [6.07, 6.45) is 1.85. The summed E-state index contributed by atoms with van der Waals surface area (Å²) in [6.45, 7) is 1.49. The van der Waals surface area contributed by atoms with Gasteiger partial charge in [0, 0.05) is 29.9 Å². The summed E-state index contributed by atoms with van der Waals surface area (Å²) >= 11 is 5.95. The Bertz CT molecular complexity index is 389. The quantitative estimate of drug-likeness (QED) is 0.759. The first-order valence-corrected chi connectivity index (χ1v) is 5.65. The summed E-state index contributed by atoms with van der Waals surface area (Å²) in [5.41, 5.74) is 1.54. The molecule has 0 radical (unpaired) electrons. The van der Waals surface area contributed by atoms with Crippen molar-refractivity contribution in [2.45, 2.75) is 12.5 Å². The molecule has 1 heterocycles. The largest absolute Gasteiger partial charge is 0.379 e. The highest BCUT2D eigenvalue weighted by atomic mass is 35.5. The van der Waals surface area contributed by atoms with Crippen LogP contribution < -0.4 is 4.90 Å². The molecule has 1 aliphatic rings. The molecule has 1 aliphatic heterocycles. The van der Waals surface area contributed by atoms with Gasteiger partial charge in [-0.3, -0.25) is 4.79 Å². The molecule has 4 heteroatoms. The molecule has 0 aliphatic carbocycles. The summed E-state index contributed by atoms with van der Waals surface area (Å²) in [6, 6.07) is 5.63. The number of nitrogens with zero attached hydrogens (tertiary/aromatic N) is 1. The van der Waals surface area contributed by atoms with Gasteiger partial charge >= 0.3 is 0 Å². The van der Waals surface area contributed by atoms with Crippen molar-refractivity contribution in [2.75, 3.05) is 25.2 Å². The van der Waals surface area contributed by atoms with E-state index in [9.17, 15) is 4.79 Å². The van der Waals surface area contributed by atoms with Crippen molar-refractivity contribution in [3.05, 3.63) is 28.8 Å². The summed E-state index contributed by atoms with van der Waals surface area (Å²) < 4.78 is 5.34. The zero-order valence-electron chi connectivity index (χ0n) is 9.15. The molecule has 0 bridgehead atoms. The molecule has 1 aromatic carbocycles. The molecule has 0 amide bonds. The van der Waals surface area contributed by atoms with Gasteiger partial charge in [-0.15, -0.1) is 0 Å². The van der Waals surface area contributed by atoms with E-state index in [0.717, 1.165) is 25.0 Å². The van der Waals surface area contributed by atoms with E-state index >= 15 is 0 Å². The molecule has 0 spiro atoms. The maximum Gasteiger partial charge on any atom is 0.152 e. The highest BCUT2D eigenvalue weighted by Gasteiger charge is 2.22. The van der Waals surface area contributed by atoms with Crippen LogP contribution in [-0.4, -0.2) is 32.6 Å². The van der Waals surface area contributed by atoms with E-state index in [4.69, 9.17) is 16.3 Å². The number of carbonyl (C=O) groups is 1. The molecule has 1 unspecified atom stereocenters. The van der Waals surface area contributed by atoms with E-state index in [-0.39, 0.29) is 0 Å². The number of benzene rings is 1. The monoisotopic (exact) mass is 239 g/mol. The number of anilines is 1. The lowest BCUT2D eigenvalue weighted by atomic mass is 10.1. The first-order chi connectivity index (χ1) is 7.72. The lowest BCUT2D eigenvalue weighted by Gasteiger charge is -2.26. The summed E-state index contributed by atoms with van der Waals surface area (Å²) in [7, 11) is 1.97. The predicted molar refractivity (Wildman–Crippen MR) is 64.5 cm³/mol. The second kappa shape index (κ2) is 4.85. The Morgan fingerprint density at radius 2 is 2.38 bits per heavy atom.